The number of benzene rings is 4. The summed E-state index contributed by atoms with van der Waals surface area (Å²) in [6.07, 6.45) is 0.634. The molecule has 0 unspecified atom stereocenters. The largest absolute Gasteiger partial charge is 0.396 e. The van der Waals surface area contributed by atoms with Crippen LogP contribution < -0.4 is 16.5 Å². The summed E-state index contributed by atoms with van der Waals surface area (Å²) in [5.41, 5.74) is 4.87. The zero-order valence-corrected chi connectivity index (χ0v) is 36.2. The van der Waals surface area contributed by atoms with Gasteiger partial charge in [-0.3, -0.25) is 33.2 Å². The van der Waals surface area contributed by atoms with Crippen LogP contribution in [0, 0.1) is 0 Å². The molecule has 0 atom stereocenters. The minimum atomic E-state index is -5.30. The highest BCUT2D eigenvalue weighted by Crippen LogP contribution is 2.41. The molecule has 1 amide bonds. The van der Waals surface area contributed by atoms with Crippen LogP contribution in [0.3, 0.4) is 0 Å². The van der Waals surface area contributed by atoms with Gasteiger partial charge in [0.2, 0.25) is 5.78 Å². The molecule has 5 rings (SSSR count). The van der Waals surface area contributed by atoms with E-state index in [0.717, 1.165) is 36.4 Å². The summed E-state index contributed by atoms with van der Waals surface area (Å²) in [5.74, 6) is -5.96. The maximum absolute atomic E-state index is 13.8. The van der Waals surface area contributed by atoms with Gasteiger partial charge in [-0.2, -0.15) is 43.9 Å². The zero-order chi connectivity index (χ0) is 46.9. The summed E-state index contributed by atoms with van der Waals surface area (Å²) < 4.78 is 181. The molecule has 0 radical (unpaired) electrons. The van der Waals surface area contributed by atoms with E-state index in [1.165, 1.54) is 36.4 Å². The molecule has 1 aliphatic rings. The quantitative estimate of drug-likeness (QED) is 0.0367. The van der Waals surface area contributed by atoms with E-state index in [0.29, 0.717) is 12.1 Å². The molecule has 63 heavy (non-hydrogen) atoms. The zero-order valence-electron chi connectivity index (χ0n) is 31.3. The van der Waals surface area contributed by atoms with Crippen LogP contribution in [0.15, 0.2) is 114 Å². The number of ketones is 1. The Labute approximate surface area is 358 Å². The minimum Gasteiger partial charge on any atom is -0.396 e. The molecule has 4 aromatic rings. The van der Waals surface area contributed by atoms with Crippen molar-refractivity contribution in [2.24, 2.45) is 15.3 Å². The number of fused-ring (bicyclic) bond motifs is 1. The molecule has 8 N–H and O–H groups in total. The number of amides is 1. The number of hydrazone groups is 1. The van der Waals surface area contributed by atoms with Gasteiger partial charge in [0, 0.05) is 11.3 Å². The van der Waals surface area contributed by atoms with Gasteiger partial charge in [0.1, 0.15) is 15.5 Å². The number of sulfone groups is 2. The molecule has 336 valence electrons. The second-order valence-electron chi connectivity index (χ2n) is 12.9. The van der Waals surface area contributed by atoms with E-state index < -0.39 is 133 Å². The Kier molecular flexibility index (Phi) is 13.6. The van der Waals surface area contributed by atoms with Crippen molar-refractivity contribution in [3.63, 3.8) is 0 Å². The van der Waals surface area contributed by atoms with E-state index in [2.05, 4.69) is 26.1 Å². The van der Waals surface area contributed by atoms with Crippen LogP contribution in [-0.4, -0.2) is 109 Å². The van der Waals surface area contributed by atoms with E-state index in [4.69, 9.17) is 14.8 Å². The summed E-state index contributed by atoms with van der Waals surface area (Å²) in [6.45, 7) is 0. The normalized spacial score (nSPS) is 14.6. The van der Waals surface area contributed by atoms with Crippen LogP contribution in [-0.2, 0) is 60.1 Å². The molecule has 24 nitrogen and oxygen atoms in total. The van der Waals surface area contributed by atoms with E-state index in [1.54, 1.807) is 0 Å². The Hall–Kier alpha value is -5.83. The summed E-state index contributed by atoms with van der Waals surface area (Å²) >= 11 is 0. The third kappa shape index (κ3) is 12.2. The van der Waals surface area contributed by atoms with Crippen LogP contribution in [0.5, 0.6) is 0 Å². The second-order valence-corrected chi connectivity index (χ2v) is 23.1. The number of nitrogens with one attached hydrogen (secondary N) is 2. The van der Waals surface area contributed by atoms with Crippen LogP contribution in [0.2, 0.25) is 0 Å². The van der Waals surface area contributed by atoms with Gasteiger partial charge >= 0.3 is 0 Å². The number of hydrogen-bond donors (Lipinski definition) is 7. The van der Waals surface area contributed by atoms with E-state index in [-0.39, 0.29) is 32.4 Å². The van der Waals surface area contributed by atoms with Gasteiger partial charge in [-0.15, -0.1) is 5.11 Å². The van der Waals surface area contributed by atoms with Gasteiger partial charge < -0.3 is 11.1 Å². The first-order valence-corrected chi connectivity index (χ1v) is 26.3. The second kappa shape index (κ2) is 17.7. The Bertz CT molecular complexity index is 3320. The fourth-order valence-electron chi connectivity index (χ4n) is 5.36. The van der Waals surface area contributed by atoms with Gasteiger partial charge in [-0.25, -0.2) is 16.8 Å². The van der Waals surface area contributed by atoms with Crippen molar-refractivity contribution in [3.8, 4) is 0 Å². The molecule has 0 fully saturated rings. The fourth-order valence-corrected chi connectivity index (χ4v) is 11.7. The van der Waals surface area contributed by atoms with Crippen molar-refractivity contribution in [1.29, 1.82) is 0 Å². The number of azo groups is 1. The smallest absolute Gasteiger partial charge is 0.296 e. The topological polar surface area (TPSA) is 407 Å². The third-order valence-corrected chi connectivity index (χ3v) is 15.6. The highest BCUT2D eigenvalue weighted by molar-refractivity contribution is 7.94. The number of carbonyl (C=O) groups excluding carboxylic acids is 2. The third-order valence-electron chi connectivity index (χ3n) is 8.45. The molecular formula is C33H30N6O18S6. The maximum Gasteiger partial charge on any atom is 0.296 e. The number of anilines is 3. The van der Waals surface area contributed by atoms with Crippen molar-refractivity contribution in [2.75, 3.05) is 39.5 Å². The fraction of sp³-hybridized carbons (Fsp3) is 0.121. The van der Waals surface area contributed by atoms with Gasteiger partial charge in [0.05, 0.1) is 55.4 Å². The Balaban J connectivity index is 1.40. The van der Waals surface area contributed by atoms with Crippen LogP contribution in [0.4, 0.5) is 28.4 Å². The van der Waals surface area contributed by atoms with Gasteiger partial charge in [0.25, 0.3) is 46.4 Å². The first kappa shape index (κ1) is 48.2. The molecule has 30 heteroatoms. The monoisotopic (exact) mass is 990 g/mol. The maximum atomic E-state index is 13.8. The molecule has 0 spiro atoms. The number of nitrogens with zero attached hydrogens (tertiary/aromatic N) is 3. The lowest BCUT2D eigenvalue weighted by Gasteiger charge is -2.20. The number of nitrogen functional groups attached to an aromatic ring is 1. The lowest BCUT2D eigenvalue weighted by molar-refractivity contribution is 0.102. The number of carbonyl (C=O) groups is 2. The highest BCUT2D eigenvalue weighted by Gasteiger charge is 2.37. The predicted molar refractivity (Wildman–Crippen MR) is 224 cm³/mol. The average Bonchev–Trinajstić information content (AvgIpc) is 3.17. The SMILES string of the molecule is Nc1c(N=Nc2ccc(S(=O)(=O)CCS(=O)(=O)O)cc2)c(S(=O)(=O)O)cc2c1C(=O)/C(=N\Nc1ccc(C(=O)Nc3ccc(S(=O)(=O)CCS(=O)(=O)O)cc3)cc1)C(S(=O)(=O)O)=C2. The summed E-state index contributed by atoms with van der Waals surface area (Å²) in [4.78, 5) is 23.8. The number of rotatable bonds is 16. The van der Waals surface area contributed by atoms with E-state index >= 15 is 0 Å². The van der Waals surface area contributed by atoms with E-state index in [9.17, 15) is 69.2 Å². The van der Waals surface area contributed by atoms with Gasteiger partial charge in [-0.1, -0.05) is 0 Å². The standard InChI is InChI=1S/C33H30N6O18S6/c34-29-28-20(17-26(62(52,53)54)30(29)38-36-23-7-11-25(12-8-23)59(44,45)14-16-61(49,50)51)18-27(63(55,56)57)31(32(28)40)39-37-22-3-1-19(2-4-22)33(41)35-21-5-9-24(10-6-21)58(42,43)13-15-60(46,47)48/h1-12,17-18,37H,13-16,34H2,(H,35,41)(H,46,47,48)(H,49,50,51)(H,52,53,54)(H,55,56,57)/b38-36?,39-31-. The Morgan fingerprint density at radius 1 is 0.619 bits per heavy atom. The first-order chi connectivity index (χ1) is 28.9. The number of Topliss-reactive ketones (excluding diaryl/α,β-unsaturated/α-hetero) is 1. The Morgan fingerprint density at radius 3 is 1.59 bits per heavy atom. The highest BCUT2D eigenvalue weighted by atomic mass is 32.2. The molecule has 0 aromatic heterocycles. The predicted octanol–water partition coefficient (Wildman–Crippen LogP) is 2.40. The molecule has 1 aliphatic carbocycles. The number of hydrogen-bond acceptors (Lipinski definition) is 19. The minimum absolute atomic E-state index is 0.0278. The molecule has 4 aromatic carbocycles. The lowest BCUT2D eigenvalue weighted by atomic mass is 9.92. The van der Waals surface area contributed by atoms with E-state index in [1.807, 2.05) is 0 Å². The first-order valence-electron chi connectivity index (χ1n) is 16.9. The van der Waals surface area contributed by atoms with Crippen molar-refractivity contribution >= 4 is 112 Å². The van der Waals surface area contributed by atoms with Gasteiger partial charge in [-0.05, 0) is 90.5 Å². The molecule has 0 bridgehead atoms. The number of nitrogens with two attached hydrogens (primary N) is 1. The van der Waals surface area contributed by atoms with Crippen molar-refractivity contribution < 1.29 is 78.3 Å². The molecule has 0 saturated carbocycles. The van der Waals surface area contributed by atoms with Crippen LogP contribution >= 0.6 is 0 Å². The van der Waals surface area contributed by atoms with Crippen molar-refractivity contribution in [1.82, 2.24) is 0 Å². The summed E-state index contributed by atoms with van der Waals surface area (Å²) in [7, 11) is -28.0. The van der Waals surface area contributed by atoms with Crippen molar-refractivity contribution in [3.05, 3.63) is 100 Å². The molecule has 0 aliphatic heterocycles. The van der Waals surface area contributed by atoms with Crippen LogP contribution in [0.25, 0.3) is 6.08 Å². The van der Waals surface area contributed by atoms with Gasteiger partial charge in [0.15, 0.2) is 25.4 Å². The molecule has 0 heterocycles. The Morgan fingerprint density at radius 2 is 1.11 bits per heavy atom. The summed E-state index contributed by atoms with van der Waals surface area (Å²) in [6, 6.07) is 14.4. The lowest BCUT2D eigenvalue weighted by Crippen LogP contribution is -2.28. The summed E-state index contributed by atoms with van der Waals surface area (Å²) in [5, 5.41) is 13.8. The average molecular weight is 991 g/mol. The molecular weight excluding hydrogens is 961 g/mol. The molecule has 0 saturated heterocycles. The number of allylic oxidation sites excluding steroid dienone is 1. The van der Waals surface area contributed by atoms with Crippen molar-refractivity contribution in [2.45, 2.75) is 14.7 Å². The van der Waals surface area contributed by atoms with Crippen LogP contribution in [0.1, 0.15) is 26.3 Å².